The third kappa shape index (κ3) is 3.78. The Morgan fingerprint density at radius 3 is 2.71 bits per heavy atom. The molecule has 114 valence electrons. The van der Waals surface area contributed by atoms with E-state index in [1.165, 1.54) is 0 Å². The zero-order valence-electron chi connectivity index (χ0n) is 11.7. The van der Waals surface area contributed by atoms with Gasteiger partial charge in [0.2, 0.25) is 0 Å². The van der Waals surface area contributed by atoms with E-state index in [9.17, 15) is 13.6 Å². The van der Waals surface area contributed by atoms with Crippen LogP contribution in [0.3, 0.4) is 0 Å². The van der Waals surface area contributed by atoms with Gasteiger partial charge >= 0.3 is 5.97 Å². The highest BCUT2D eigenvalue weighted by atomic mass is 19.1. The third-order valence-electron chi connectivity index (χ3n) is 3.37. The van der Waals surface area contributed by atoms with Gasteiger partial charge in [-0.15, -0.1) is 0 Å². The molecule has 0 aromatic heterocycles. The van der Waals surface area contributed by atoms with Gasteiger partial charge in [0, 0.05) is 19.2 Å². The fraction of sp³-hybridized carbons (Fsp3) is 0.400. The van der Waals surface area contributed by atoms with Crippen LogP contribution in [0.1, 0.15) is 18.9 Å². The maximum Gasteiger partial charge on any atom is 0.328 e. The summed E-state index contributed by atoms with van der Waals surface area (Å²) in [5.41, 5.74) is 0.0978. The molecule has 0 bridgehead atoms. The van der Waals surface area contributed by atoms with Crippen LogP contribution in [0.5, 0.6) is 0 Å². The van der Waals surface area contributed by atoms with Crippen molar-refractivity contribution in [1.29, 1.82) is 0 Å². The Morgan fingerprint density at radius 1 is 1.48 bits per heavy atom. The summed E-state index contributed by atoms with van der Waals surface area (Å²) in [6.07, 6.45) is 2.74. The van der Waals surface area contributed by atoms with E-state index in [0.29, 0.717) is 19.7 Å². The molecule has 4 nitrogen and oxygen atoms in total. The Labute approximate surface area is 121 Å². The highest BCUT2D eigenvalue weighted by Crippen LogP contribution is 2.27. The number of aliphatic carboxylic acids is 1. The molecule has 1 fully saturated rings. The number of rotatable bonds is 4. The van der Waals surface area contributed by atoms with Gasteiger partial charge in [-0.3, -0.25) is 0 Å². The minimum Gasteiger partial charge on any atom is -0.478 e. The van der Waals surface area contributed by atoms with Crippen LogP contribution in [-0.2, 0) is 9.53 Å². The quantitative estimate of drug-likeness (QED) is 0.868. The molecule has 0 radical (unpaired) electrons. The largest absolute Gasteiger partial charge is 0.478 e. The van der Waals surface area contributed by atoms with Gasteiger partial charge in [-0.2, -0.15) is 0 Å². The monoisotopic (exact) mass is 297 g/mol. The molecule has 2 rings (SSSR count). The Hall–Kier alpha value is -1.95. The first-order valence-corrected chi connectivity index (χ1v) is 6.78. The maximum atomic E-state index is 14.1. The summed E-state index contributed by atoms with van der Waals surface area (Å²) < 4.78 is 33.8. The molecule has 21 heavy (non-hydrogen) atoms. The van der Waals surface area contributed by atoms with E-state index < -0.39 is 17.6 Å². The number of nitrogens with zero attached hydrogens (tertiary/aromatic N) is 1. The molecule has 1 N–H and O–H groups in total. The van der Waals surface area contributed by atoms with Crippen LogP contribution < -0.4 is 4.90 Å². The predicted octanol–water partition coefficient (Wildman–Crippen LogP) is 2.68. The molecule has 0 aliphatic carbocycles. The lowest BCUT2D eigenvalue weighted by atomic mass is 10.1. The van der Waals surface area contributed by atoms with Crippen molar-refractivity contribution in [2.24, 2.45) is 0 Å². The number of hydrogen-bond donors (Lipinski definition) is 1. The fourth-order valence-electron chi connectivity index (χ4n) is 2.32. The van der Waals surface area contributed by atoms with Gasteiger partial charge in [-0.25, -0.2) is 13.6 Å². The van der Waals surface area contributed by atoms with E-state index in [0.717, 1.165) is 30.7 Å². The van der Waals surface area contributed by atoms with Crippen molar-refractivity contribution in [2.45, 2.75) is 19.4 Å². The summed E-state index contributed by atoms with van der Waals surface area (Å²) in [6.45, 7) is 3.25. The molecule has 1 aromatic carbocycles. The van der Waals surface area contributed by atoms with Crippen molar-refractivity contribution in [2.75, 3.05) is 24.6 Å². The number of carboxylic acids is 1. The highest BCUT2D eigenvalue weighted by Gasteiger charge is 2.24. The first-order valence-electron chi connectivity index (χ1n) is 6.78. The van der Waals surface area contributed by atoms with Gasteiger partial charge in [0.25, 0.3) is 0 Å². The molecule has 0 amide bonds. The van der Waals surface area contributed by atoms with E-state index in [2.05, 4.69) is 0 Å². The highest BCUT2D eigenvalue weighted by molar-refractivity contribution is 5.85. The van der Waals surface area contributed by atoms with Crippen LogP contribution in [0, 0.1) is 11.6 Å². The van der Waals surface area contributed by atoms with E-state index in [-0.39, 0.29) is 17.4 Å². The predicted molar refractivity (Wildman–Crippen MR) is 75.3 cm³/mol. The van der Waals surface area contributed by atoms with Crippen molar-refractivity contribution in [3.05, 3.63) is 35.4 Å². The number of ether oxygens (including phenoxy) is 1. The number of benzene rings is 1. The molecule has 1 heterocycles. The second-order valence-electron chi connectivity index (χ2n) is 4.85. The minimum absolute atomic E-state index is 0.0378. The van der Waals surface area contributed by atoms with Crippen molar-refractivity contribution in [3.63, 3.8) is 0 Å². The number of halogens is 2. The fourth-order valence-corrected chi connectivity index (χ4v) is 2.32. The Kier molecular flexibility index (Phi) is 4.90. The number of morpholine rings is 1. The average molecular weight is 297 g/mol. The van der Waals surface area contributed by atoms with Gasteiger partial charge in [-0.1, -0.05) is 6.92 Å². The van der Waals surface area contributed by atoms with E-state index in [4.69, 9.17) is 9.84 Å². The Balaban J connectivity index is 2.26. The zero-order chi connectivity index (χ0) is 15.4. The molecule has 1 aromatic rings. The van der Waals surface area contributed by atoms with Crippen LogP contribution in [-0.4, -0.2) is 36.9 Å². The summed E-state index contributed by atoms with van der Waals surface area (Å²) >= 11 is 0. The van der Waals surface area contributed by atoms with Crippen molar-refractivity contribution < 1.29 is 23.4 Å². The molecule has 1 aliphatic rings. The number of anilines is 1. The molecule has 0 saturated carbocycles. The molecule has 0 spiro atoms. The van der Waals surface area contributed by atoms with Crippen molar-refractivity contribution >= 4 is 17.7 Å². The lowest BCUT2D eigenvalue weighted by Crippen LogP contribution is -2.43. The van der Waals surface area contributed by atoms with Crippen LogP contribution in [0.25, 0.3) is 6.08 Å². The van der Waals surface area contributed by atoms with E-state index in [1.807, 2.05) is 6.92 Å². The summed E-state index contributed by atoms with van der Waals surface area (Å²) in [7, 11) is 0. The van der Waals surface area contributed by atoms with Gasteiger partial charge in [0.05, 0.1) is 12.7 Å². The first kappa shape index (κ1) is 15.4. The molecular formula is C15H17F2NO3. The Morgan fingerprint density at radius 2 is 2.14 bits per heavy atom. The van der Waals surface area contributed by atoms with Crippen molar-refractivity contribution in [1.82, 2.24) is 0 Å². The third-order valence-corrected chi connectivity index (χ3v) is 3.37. The number of carboxylic acid groups (broad SMARTS) is 1. The van der Waals surface area contributed by atoms with Crippen molar-refractivity contribution in [3.8, 4) is 0 Å². The second-order valence-corrected chi connectivity index (χ2v) is 4.85. The standard InChI is InChI=1S/C15H17F2NO3/c1-2-11-9-18(5-6-21-11)15-12(16)7-10(8-13(15)17)3-4-14(19)20/h3-4,7-8,11H,2,5-6,9H2,1H3,(H,19,20). The van der Waals surface area contributed by atoms with E-state index in [1.54, 1.807) is 4.90 Å². The molecule has 6 heteroatoms. The molecular weight excluding hydrogens is 280 g/mol. The average Bonchev–Trinajstić information content (AvgIpc) is 2.44. The molecule has 1 atom stereocenters. The first-order chi connectivity index (χ1) is 10.0. The van der Waals surface area contributed by atoms with Gasteiger partial charge < -0.3 is 14.7 Å². The molecule has 1 unspecified atom stereocenters. The van der Waals surface area contributed by atoms with Crippen LogP contribution in [0.4, 0.5) is 14.5 Å². The summed E-state index contributed by atoms with van der Waals surface area (Å²) in [5, 5.41) is 8.53. The normalized spacial score (nSPS) is 19.2. The number of carbonyl (C=O) groups is 1. The SMILES string of the molecule is CCC1CN(c2c(F)cc(C=CC(=O)O)cc2F)CCO1. The topological polar surface area (TPSA) is 49.8 Å². The van der Waals surface area contributed by atoms with Crippen LogP contribution >= 0.6 is 0 Å². The second kappa shape index (κ2) is 6.67. The summed E-state index contributed by atoms with van der Waals surface area (Å²) in [6, 6.07) is 2.27. The molecule has 1 aliphatic heterocycles. The van der Waals surface area contributed by atoms with Crippen LogP contribution in [0.2, 0.25) is 0 Å². The smallest absolute Gasteiger partial charge is 0.328 e. The summed E-state index contributed by atoms with van der Waals surface area (Å²) in [4.78, 5) is 12.1. The van der Waals surface area contributed by atoms with Gasteiger partial charge in [-0.05, 0) is 30.2 Å². The zero-order valence-corrected chi connectivity index (χ0v) is 11.7. The minimum atomic E-state index is -1.17. The Bertz CT molecular complexity index is 537. The van der Waals surface area contributed by atoms with E-state index >= 15 is 0 Å². The van der Waals surface area contributed by atoms with Gasteiger partial charge in [0.15, 0.2) is 0 Å². The lowest BCUT2D eigenvalue weighted by Gasteiger charge is -2.34. The van der Waals surface area contributed by atoms with Crippen LogP contribution in [0.15, 0.2) is 18.2 Å². The number of hydrogen-bond acceptors (Lipinski definition) is 3. The summed E-state index contributed by atoms with van der Waals surface area (Å²) in [5.74, 6) is -2.56. The maximum absolute atomic E-state index is 14.1. The van der Waals surface area contributed by atoms with Gasteiger partial charge in [0.1, 0.15) is 17.3 Å². The molecule has 1 saturated heterocycles. The lowest BCUT2D eigenvalue weighted by molar-refractivity contribution is -0.131.